The van der Waals surface area contributed by atoms with Crippen LogP contribution in [0, 0.1) is 12.1 Å². The number of fused-ring (bicyclic) bond motifs is 1. The van der Waals surface area contributed by atoms with E-state index >= 15 is 0 Å². The molecule has 162 valence electrons. The molecule has 2 N–H and O–H groups in total. The maximum atomic E-state index is 11.4. The molecule has 6 nitrogen and oxygen atoms in total. The standard InChI is InChI=1S/C27H21N3O3/c1-18-21-13-12-20(27(31)32)16-24(21)30-26(22(18)14-15-28-2)29-23-10-6-7-11-25(23)33-17-19-8-4-3-5-9-19/h3-11,14-16H,1,17H2,2H3,(H,29,30)(H,31,32)/b22-14+,28-15?. The molecular formula is C27H21N3O3. The lowest BCUT2D eigenvalue weighted by Crippen LogP contribution is -2.28. The van der Waals surface area contributed by atoms with Crippen LogP contribution in [0.1, 0.15) is 15.9 Å². The Balaban J connectivity index is 1.78. The molecule has 0 unspecified atom stereocenters. The predicted molar refractivity (Wildman–Crippen MR) is 131 cm³/mol. The molecule has 0 aliphatic carbocycles. The number of aromatic nitrogens is 1. The van der Waals surface area contributed by atoms with E-state index in [1.54, 1.807) is 19.3 Å². The zero-order valence-corrected chi connectivity index (χ0v) is 18.0. The van der Waals surface area contributed by atoms with Crippen molar-refractivity contribution in [3.8, 4) is 5.75 Å². The van der Waals surface area contributed by atoms with Gasteiger partial charge in [-0.15, -0.1) is 0 Å². The van der Waals surface area contributed by atoms with E-state index in [2.05, 4.69) is 34.0 Å². The van der Waals surface area contributed by atoms with Crippen molar-refractivity contribution in [2.75, 3.05) is 12.4 Å². The lowest BCUT2D eigenvalue weighted by molar-refractivity contribution is 0.0697. The average Bonchev–Trinajstić information content (AvgIpc) is 2.83. The van der Waals surface area contributed by atoms with Crippen molar-refractivity contribution in [2.24, 2.45) is 4.99 Å². The maximum Gasteiger partial charge on any atom is 0.344 e. The van der Waals surface area contributed by atoms with Gasteiger partial charge in [0.15, 0.2) is 0 Å². The van der Waals surface area contributed by atoms with Gasteiger partial charge in [0, 0.05) is 18.5 Å². The Morgan fingerprint density at radius 3 is 2.70 bits per heavy atom. The number of para-hydroxylation sites is 2. The van der Waals surface area contributed by atoms with Gasteiger partial charge in [0.25, 0.3) is 0 Å². The van der Waals surface area contributed by atoms with Gasteiger partial charge in [-0.2, -0.15) is 0 Å². The third-order valence-electron chi connectivity index (χ3n) is 4.97. The summed E-state index contributed by atoms with van der Waals surface area (Å²) in [6.45, 7) is 4.59. The summed E-state index contributed by atoms with van der Waals surface area (Å²) < 4.78 is 6.05. The average molecular weight is 435 g/mol. The van der Waals surface area contributed by atoms with Crippen LogP contribution < -0.4 is 20.5 Å². The molecule has 0 spiro atoms. The zero-order valence-electron chi connectivity index (χ0n) is 18.0. The molecule has 1 aromatic heterocycles. The molecular weight excluding hydrogens is 414 g/mol. The molecule has 0 fully saturated rings. The van der Waals surface area contributed by atoms with Gasteiger partial charge in [-0.1, -0.05) is 61.2 Å². The highest BCUT2D eigenvalue weighted by Crippen LogP contribution is 2.27. The fourth-order valence-electron chi connectivity index (χ4n) is 3.31. The first-order valence-corrected chi connectivity index (χ1v) is 10.2. The first-order valence-electron chi connectivity index (χ1n) is 10.2. The summed E-state index contributed by atoms with van der Waals surface area (Å²) in [5.74, 6) is 0.0609. The molecule has 1 heterocycles. The van der Waals surface area contributed by atoms with Gasteiger partial charge in [-0.3, -0.25) is 4.99 Å². The van der Waals surface area contributed by atoms with Gasteiger partial charge in [0.05, 0.1) is 16.6 Å². The molecule has 0 amide bonds. The smallest absolute Gasteiger partial charge is 0.344 e. The lowest BCUT2D eigenvalue weighted by Gasteiger charge is -2.14. The minimum absolute atomic E-state index is 0.0150. The molecule has 0 atom stereocenters. The van der Waals surface area contributed by atoms with Crippen molar-refractivity contribution in [1.29, 1.82) is 0 Å². The summed E-state index contributed by atoms with van der Waals surface area (Å²) in [7, 11) is 1.67. The van der Waals surface area contributed by atoms with E-state index in [9.17, 15) is 9.90 Å². The number of hydrogen-bond donors (Lipinski definition) is 2. The van der Waals surface area contributed by atoms with E-state index in [4.69, 9.17) is 4.74 Å². The van der Waals surface area contributed by atoms with Crippen molar-refractivity contribution < 1.29 is 14.6 Å². The van der Waals surface area contributed by atoms with E-state index in [1.165, 1.54) is 6.07 Å². The zero-order chi connectivity index (χ0) is 23.2. The van der Waals surface area contributed by atoms with E-state index in [1.807, 2.05) is 54.6 Å². The molecule has 33 heavy (non-hydrogen) atoms. The Hall–Kier alpha value is -4.63. The fourth-order valence-corrected chi connectivity index (χ4v) is 3.31. The van der Waals surface area contributed by atoms with E-state index in [0.717, 1.165) is 5.56 Å². The number of hydrogen-bond acceptors (Lipinski definition) is 5. The van der Waals surface area contributed by atoms with Crippen LogP contribution in [0.2, 0.25) is 0 Å². The summed E-state index contributed by atoms with van der Waals surface area (Å²) in [5.41, 5.74) is 2.20. The molecule has 3 aromatic carbocycles. The second-order valence-electron chi connectivity index (χ2n) is 7.20. The third-order valence-corrected chi connectivity index (χ3v) is 4.97. The minimum atomic E-state index is -1.09. The second-order valence-corrected chi connectivity index (χ2v) is 7.20. The molecule has 0 saturated heterocycles. The fraction of sp³-hybridized carbons (Fsp3) is 0.0741. The monoisotopic (exact) mass is 435 g/mol. The van der Waals surface area contributed by atoms with Gasteiger partial charge in [-0.25, -0.2) is 9.78 Å². The van der Waals surface area contributed by atoms with E-state index in [0.29, 0.717) is 45.2 Å². The number of carboxylic acid groups (broad SMARTS) is 1. The molecule has 0 radical (unpaired) electrons. The van der Waals surface area contributed by atoms with Crippen LogP contribution in [0.4, 0.5) is 11.5 Å². The quantitative estimate of drug-likeness (QED) is 0.432. The van der Waals surface area contributed by atoms with Crippen LogP contribution in [-0.2, 0) is 6.61 Å². The van der Waals surface area contributed by atoms with E-state index < -0.39 is 5.97 Å². The van der Waals surface area contributed by atoms with Crippen LogP contribution in [0.25, 0.3) is 23.6 Å². The number of benzene rings is 2. The highest BCUT2D eigenvalue weighted by molar-refractivity contribution is 5.95. The number of carbonyl (C=O) groups is 1. The van der Waals surface area contributed by atoms with Crippen molar-refractivity contribution in [3.63, 3.8) is 0 Å². The summed E-state index contributed by atoms with van der Waals surface area (Å²) in [5, 5.41) is 14.6. The molecule has 6 heteroatoms. The number of aliphatic imine (C=N–C) groups is 1. The summed E-state index contributed by atoms with van der Waals surface area (Å²) in [6, 6.07) is 24.4. The number of carboxylic acids is 1. The minimum Gasteiger partial charge on any atom is -0.487 e. The topological polar surface area (TPSA) is 83.8 Å². The van der Waals surface area contributed by atoms with Gasteiger partial charge >= 0.3 is 5.97 Å². The number of ether oxygens (including phenoxy) is 1. The number of anilines is 2. The number of nitrogens with zero attached hydrogens (tertiary/aromatic N) is 2. The highest BCUT2D eigenvalue weighted by Gasteiger charge is 2.11. The molecule has 0 aliphatic heterocycles. The Bertz CT molecular complexity index is 1450. The molecule has 0 saturated carbocycles. The Kier molecular flexibility index (Phi) is 6.33. The van der Waals surface area contributed by atoms with Crippen molar-refractivity contribution in [3.05, 3.63) is 94.4 Å². The van der Waals surface area contributed by atoms with Crippen molar-refractivity contribution in [2.45, 2.75) is 6.61 Å². The summed E-state index contributed by atoms with van der Waals surface area (Å²) in [4.78, 5) is 20.1. The van der Waals surface area contributed by atoms with Crippen LogP contribution in [0.3, 0.4) is 0 Å². The van der Waals surface area contributed by atoms with Crippen molar-refractivity contribution in [1.82, 2.24) is 4.98 Å². The molecule has 4 aromatic rings. The largest absolute Gasteiger partial charge is 0.487 e. The first kappa shape index (κ1) is 21.6. The lowest BCUT2D eigenvalue weighted by atomic mass is 10.1. The van der Waals surface area contributed by atoms with Gasteiger partial charge in [0.1, 0.15) is 23.7 Å². The Labute approximate surface area is 191 Å². The SMILES string of the molecule is C=c1/c(=C\C=NC)c(Nc2ccccc2OCc2ccccc2)nc2cc(C(=O)O)c#cc12. The first-order chi connectivity index (χ1) is 16.1. The summed E-state index contributed by atoms with van der Waals surface area (Å²) >= 11 is 0. The third kappa shape index (κ3) is 4.83. The second kappa shape index (κ2) is 9.67. The van der Waals surface area contributed by atoms with Gasteiger partial charge in [0.2, 0.25) is 0 Å². The number of nitrogens with one attached hydrogen (secondary N) is 1. The number of rotatable bonds is 7. The number of aromatic carboxylic acids is 1. The van der Waals surface area contributed by atoms with Crippen LogP contribution >= 0.6 is 0 Å². The van der Waals surface area contributed by atoms with E-state index in [-0.39, 0.29) is 5.56 Å². The predicted octanol–water partition coefficient (Wildman–Crippen LogP) is 3.75. The Morgan fingerprint density at radius 2 is 1.94 bits per heavy atom. The maximum absolute atomic E-state index is 11.4. The Morgan fingerprint density at radius 1 is 1.18 bits per heavy atom. The van der Waals surface area contributed by atoms with Crippen LogP contribution in [0.15, 0.2) is 65.7 Å². The van der Waals surface area contributed by atoms with Crippen LogP contribution in [-0.4, -0.2) is 29.3 Å². The molecule has 0 aliphatic rings. The number of pyridine rings is 1. The summed E-state index contributed by atoms with van der Waals surface area (Å²) in [6.07, 6.45) is 3.44. The highest BCUT2D eigenvalue weighted by atomic mass is 16.5. The van der Waals surface area contributed by atoms with Gasteiger partial charge in [-0.05, 0) is 35.1 Å². The van der Waals surface area contributed by atoms with Crippen molar-refractivity contribution >= 4 is 47.2 Å². The van der Waals surface area contributed by atoms with Gasteiger partial charge < -0.3 is 15.2 Å². The van der Waals surface area contributed by atoms with Crippen LogP contribution in [0.5, 0.6) is 5.75 Å². The normalized spacial score (nSPS) is 11.5. The molecule has 0 bridgehead atoms. The molecule has 4 rings (SSSR count).